The van der Waals surface area contributed by atoms with Crippen molar-refractivity contribution in [1.82, 2.24) is 5.32 Å². The second kappa shape index (κ2) is 6.89. The zero-order chi connectivity index (χ0) is 16.1. The minimum Gasteiger partial charge on any atom is -0.485 e. The third kappa shape index (κ3) is 3.83. The van der Waals surface area contributed by atoms with Gasteiger partial charge in [-0.15, -0.1) is 0 Å². The molecular formula is C19H17NO3. The summed E-state index contributed by atoms with van der Waals surface area (Å²) in [4.78, 5) is 11.9. The molecule has 0 saturated heterocycles. The van der Waals surface area contributed by atoms with Crippen LogP contribution in [0.15, 0.2) is 54.6 Å². The summed E-state index contributed by atoms with van der Waals surface area (Å²) < 4.78 is 11.3. The molecule has 0 spiro atoms. The van der Waals surface area contributed by atoms with Crippen molar-refractivity contribution in [2.75, 3.05) is 6.61 Å². The number of rotatable bonds is 2. The first-order valence-corrected chi connectivity index (χ1v) is 7.48. The molecule has 1 aliphatic heterocycles. The van der Waals surface area contributed by atoms with Gasteiger partial charge in [-0.3, -0.25) is 4.79 Å². The highest BCUT2D eigenvalue weighted by Crippen LogP contribution is 2.30. The van der Waals surface area contributed by atoms with Crippen LogP contribution in [0.3, 0.4) is 0 Å². The number of hydrogen-bond acceptors (Lipinski definition) is 3. The topological polar surface area (TPSA) is 47.6 Å². The molecule has 23 heavy (non-hydrogen) atoms. The van der Waals surface area contributed by atoms with Crippen LogP contribution in [0.25, 0.3) is 0 Å². The van der Waals surface area contributed by atoms with E-state index in [1.807, 2.05) is 61.5 Å². The van der Waals surface area contributed by atoms with E-state index in [1.54, 1.807) is 0 Å². The van der Waals surface area contributed by atoms with Gasteiger partial charge in [0.25, 0.3) is 5.91 Å². The Kier molecular flexibility index (Phi) is 4.49. The number of ether oxygens (including phenoxy) is 2. The van der Waals surface area contributed by atoms with Crippen molar-refractivity contribution in [3.05, 3.63) is 60.2 Å². The number of para-hydroxylation sites is 2. The number of benzene rings is 2. The summed E-state index contributed by atoms with van der Waals surface area (Å²) in [5.41, 5.74) is 1.04. The predicted octanol–water partition coefficient (Wildman–Crippen LogP) is 2.71. The summed E-state index contributed by atoms with van der Waals surface area (Å²) in [6, 6.07) is 17.1. The molecule has 4 heteroatoms. The van der Waals surface area contributed by atoms with Crippen molar-refractivity contribution in [2.24, 2.45) is 0 Å². The summed E-state index contributed by atoms with van der Waals surface area (Å²) in [5.74, 6) is 6.41. The Balaban J connectivity index is 1.58. The molecule has 0 bridgehead atoms. The second-order valence-electron chi connectivity index (χ2n) is 5.24. The van der Waals surface area contributed by atoms with E-state index in [2.05, 4.69) is 17.2 Å². The minimum absolute atomic E-state index is 0.0951. The van der Waals surface area contributed by atoms with Gasteiger partial charge in [0.2, 0.25) is 0 Å². The summed E-state index contributed by atoms with van der Waals surface area (Å²) in [6.07, 6.45) is -0.442. The first-order chi connectivity index (χ1) is 11.2. The van der Waals surface area contributed by atoms with E-state index in [1.165, 1.54) is 0 Å². The van der Waals surface area contributed by atoms with Crippen LogP contribution in [0.2, 0.25) is 0 Å². The molecule has 1 amide bonds. The molecular weight excluding hydrogens is 290 g/mol. The molecule has 0 aromatic heterocycles. The van der Waals surface area contributed by atoms with E-state index < -0.39 is 6.10 Å². The molecule has 1 aliphatic rings. The molecule has 0 radical (unpaired) electrons. The zero-order valence-electron chi connectivity index (χ0n) is 12.8. The summed E-state index contributed by atoms with van der Waals surface area (Å²) >= 11 is 0. The minimum atomic E-state index is -0.442. The Morgan fingerprint density at radius 1 is 1.13 bits per heavy atom. The molecule has 2 aromatic rings. The Labute approximate surface area is 135 Å². The number of carbonyl (C=O) groups is 1. The molecule has 2 atom stereocenters. The first kappa shape index (κ1) is 15.0. The maximum atomic E-state index is 11.9. The van der Waals surface area contributed by atoms with E-state index in [-0.39, 0.29) is 11.9 Å². The van der Waals surface area contributed by atoms with Crippen LogP contribution in [-0.2, 0) is 4.79 Å². The van der Waals surface area contributed by atoms with Crippen molar-refractivity contribution in [3.8, 4) is 23.3 Å². The van der Waals surface area contributed by atoms with Gasteiger partial charge in [-0.1, -0.05) is 42.5 Å². The molecule has 0 fully saturated rings. The number of hydrogen-bond donors (Lipinski definition) is 1. The number of nitrogens with one attached hydrogen (secondary N) is 1. The molecule has 0 saturated carbocycles. The van der Waals surface area contributed by atoms with Crippen LogP contribution in [0, 0.1) is 11.8 Å². The van der Waals surface area contributed by atoms with Gasteiger partial charge in [-0.2, -0.15) is 0 Å². The number of amides is 1. The van der Waals surface area contributed by atoms with Gasteiger partial charge in [-0.25, -0.2) is 0 Å². The Morgan fingerprint density at radius 3 is 2.61 bits per heavy atom. The Bertz CT molecular complexity index is 746. The summed E-state index contributed by atoms with van der Waals surface area (Å²) in [7, 11) is 0. The monoisotopic (exact) mass is 307 g/mol. The van der Waals surface area contributed by atoms with E-state index in [0.29, 0.717) is 18.1 Å². The molecule has 116 valence electrons. The van der Waals surface area contributed by atoms with E-state index in [9.17, 15) is 4.79 Å². The normalized spacial score (nSPS) is 16.7. The van der Waals surface area contributed by atoms with Crippen molar-refractivity contribution in [3.63, 3.8) is 0 Å². The van der Waals surface area contributed by atoms with Gasteiger partial charge in [0.05, 0.1) is 6.04 Å². The van der Waals surface area contributed by atoms with Crippen molar-refractivity contribution < 1.29 is 14.3 Å². The molecule has 0 aliphatic carbocycles. The van der Waals surface area contributed by atoms with Crippen LogP contribution in [0.4, 0.5) is 0 Å². The van der Waals surface area contributed by atoms with Gasteiger partial charge in [0, 0.05) is 0 Å². The van der Waals surface area contributed by atoms with Gasteiger partial charge in [0.1, 0.15) is 6.61 Å². The van der Waals surface area contributed by atoms with Gasteiger partial charge in [-0.05, 0) is 36.5 Å². The van der Waals surface area contributed by atoms with E-state index >= 15 is 0 Å². The van der Waals surface area contributed by atoms with Crippen LogP contribution < -0.4 is 14.8 Å². The average molecular weight is 307 g/mol. The lowest BCUT2D eigenvalue weighted by atomic mass is 10.1. The fraction of sp³-hybridized carbons (Fsp3) is 0.211. The number of fused-ring (bicyclic) bond motifs is 1. The lowest BCUT2D eigenvalue weighted by Gasteiger charge is -2.22. The Morgan fingerprint density at radius 2 is 1.83 bits per heavy atom. The highest BCUT2D eigenvalue weighted by molar-refractivity contribution is 5.93. The molecule has 1 N–H and O–H groups in total. The van der Waals surface area contributed by atoms with Crippen molar-refractivity contribution in [2.45, 2.75) is 19.1 Å². The second-order valence-corrected chi connectivity index (χ2v) is 5.24. The maximum absolute atomic E-state index is 11.9. The zero-order valence-corrected chi connectivity index (χ0v) is 12.8. The lowest BCUT2D eigenvalue weighted by Crippen LogP contribution is -2.29. The van der Waals surface area contributed by atoms with E-state index in [0.717, 1.165) is 5.56 Å². The van der Waals surface area contributed by atoms with E-state index in [4.69, 9.17) is 9.47 Å². The quantitative estimate of drug-likeness (QED) is 0.868. The third-order valence-electron chi connectivity index (χ3n) is 3.50. The van der Waals surface area contributed by atoms with Gasteiger partial charge in [0.15, 0.2) is 17.6 Å². The van der Waals surface area contributed by atoms with Crippen LogP contribution >= 0.6 is 0 Å². The average Bonchev–Trinajstić information content (AvgIpc) is 2.60. The smallest absolute Gasteiger partial charge is 0.296 e. The fourth-order valence-electron chi connectivity index (χ4n) is 2.29. The molecule has 2 aromatic carbocycles. The summed E-state index contributed by atoms with van der Waals surface area (Å²) in [6.45, 7) is 2.23. The van der Waals surface area contributed by atoms with Crippen molar-refractivity contribution >= 4 is 5.91 Å². The SMILES string of the molecule is C[C@H](NC(=O)C#C[C@H]1COc2ccccc2O1)c1ccccc1. The molecule has 4 nitrogen and oxygen atoms in total. The highest BCUT2D eigenvalue weighted by Gasteiger charge is 2.18. The number of carbonyl (C=O) groups excluding carboxylic acids is 1. The highest BCUT2D eigenvalue weighted by atomic mass is 16.6. The van der Waals surface area contributed by atoms with Gasteiger partial charge >= 0.3 is 0 Å². The van der Waals surface area contributed by atoms with Crippen LogP contribution in [-0.4, -0.2) is 18.6 Å². The molecule has 3 rings (SSSR count). The largest absolute Gasteiger partial charge is 0.485 e. The predicted molar refractivity (Wildman–Crippen MR) is 87.1 cm³/mol. The molecule has 1 heterocycles. The maximum Gasteiger partial charge on any atom is 0.296 e. The van der Waals surface area contributed by atoms with Crippen molar-refractivity contribution in [1.29, 1.82) is 0 Å². The van der Waals surface area contributed by atoms with Crippen LogP contribution in [0.5, 0.6) is 11.5 Å². The van der Waals surface area contributed by atoms with Gasteiger partial charge < -0.3 is 14.8 Å². The fourth-order valence-corrected chi connectivity index (χ4v) is 2.29. The lowest BCUT2D eigenvalue weighted by molar-refractivity contribution is -0.116. The first-order valence-electron chi connectivity index (χ1n) is 7.48. The summed E-state index contributed by atoms with van der Waals surface area (Å²) in [5, 5.41) is 2.85. The third-order valence-corrected chi connectivity index (χ3v) is 3.50. The molecule has 0 unspecified atom stereocenters. The Hall–Kier alpha value is -2.93. The van der Waals surface area contributed by atoms with Crippen LogP contribution in [0.1, 0.15) is 18.5 Å². The standard InChI is InChI=1S/C19H17NO3/c1-14(15-7-3-2-4-8-15)20-19(21)12-11-16-13-22-17-9-5-6-10-18(17)23-16/h2-10,14,16H,13H2,1H3,(H,20,21)/t14-,16-/m0/s1.